The Morgan fingerprint density at radius 3 is 2.73 bits per heavy atom. The van der Waals surface area contributed by atoms with Crippen molar-refractivity contribution in [2.75, 3.05) is 0 Å². The molecule has 1 aromatic rings. The molecule has 0 unspecified atom stereocenters. The highest BCUT2D eigenvalue weighted by atomic mass is 16.4. The molecular weight excluding hydrogens is 188 g/mol. The minimum Gasteiger partial charge on any atom is -0.481 e. The van der Waals surface area contributed by atoms with Gasteiger partial charge >= 0.3 is 5.97 Å². The van der Waals surface area contributed by atoms with Crippen molar-refractivity contribution in [3.05, 3.63) is 42.0 Å². The van der Waals surface area contributed by atoms with Crippen LogP contribution >= 0.6 is 0 Å². The van der Waals surface area contributed by atoms with Crippen LogP contribution in [0.5, 0.6) is 0 Å². The molecule has 0 fully saturated rings. The number of carboxylic acids is 1. The number of rotatable bonds is 5. The number of carbonyl (C=O) groups is 1. The molecule has 80 valence electrons. The van der Waals surface area contributed by atoms with E-state index in [0.717, 1.165) is 17.6 Å². The predicted octanol–water partition coefficient (Wildman–Crippen LogP) is 3.26. The smallest absolute Gasteiger partial charge is 0.303 e. The van der Waals surface area contributed by atoms with E-state index in [-0.39, 0.29) is 6.42 Å². The molecule has 15 heavy (non-hydrogen) atoms. The van der Waals surface area contributed by atoms with E-state index in [2.05, 4.69) is 12.6 Å². The van der Waals surface area contributed by atoms with Crippen molar-refractivity contribution in [2.45, 2.75) is 26.2 Å². The summed E-state index contributed by atoms with van der Waals surface area (Å²) in [6.07, 6.45) is 1.61. The van der Waals surface area contributed by atoms with Crippen LogP contribution in [0, 0.1) is 6.92 Å². The molecule has 0 aromatic heterocycles. The number of hydrogen-bond acceptors (Lipinski definition) is 1. The second kappa shape index (κ2) is 5.35. The summed E-state index contributed by atoms with van der Waals surface area (Å²) in [4.78, 5) is 10.3. The molecule has 0 heterocycles. The fourth-order valence-electron chi connectivity index (χ4n) is 1.46. The van der Waals surface area contributed by atoms with E-state index in [1.54, 1.807) is 0 Å². The topological polar surface area (TPSA) is 37.3 Å². The minimum atomic E-state index is -0.743. The highest BCUT2D eigenvalue weighted by Crippen LogP contribution is 2.19. The Balaban J connectivity index is 2.50. The SMILES string of the molecule is C=C(CCCC(=O)O)c1cccc(C)c1. The summed E-state index contributed by atoms with van der Waals surface area (Å²) in [5.74, 6) is -0.743. The first-order chi connectivity index (χ1) is 7.09. The third-order valence-electron chi connectivity index (χ3n) is 2.30. The van der Waals surface area contributed by atoms with E-state index >= 15 is 0 Å². The van der Waals surface area contributed by atoms with Gasteiger partial charge in [-0.3, -0.25) is 4.79 Å². The van der Waals surface area contributed by atoms with E-state index in [9.17, 15) is 4.79 Å². The first-order valence-corrected chi connectivity index (χ1v) is 5.06. The van der Waals surface area contributed by atoms with Gasteiger partial charge in [-0.1, -0.05) is 36.4 Å². The van der Waals surface area contributed by atoms with Crippen LogP contribution in [-0.4, -0.2) is 11.1 Å². The van der Waals surface area contributed by atoms with Gasteiger partial charge in [-0.15, -0.1) is 0 Å². The van der Waals surface area contributed by atoms with Crippen LogP contribution in [0.25, 0.3) is 5.57 Å². The van der Waals surface area contributed by atoms with Crippen molar-refractivity contribution < 1.29 is 9.90 Å². The Hall–Kier alpha value is -1.57. The summed E-state index contributed by atoms with van der Waals surface area (Å²) in [5.41, 5.74) is 3.33. The maximum Gasteiger partial charge on any atom is 0.303 e. The maximum absolute atomic E-state index is 10.3. The molecule has 0 radical (unpaired) electrons. The lowest BCUT2D eigenvalue weighted by atomic mass is 10.0. The monoisotopic (exact) mass is 204 g/mol. The number of carboxylic acid groups (broad SMARTS) is 1. The zero-order valence-corrected chi connectivity index (χ0v) is 8.99. The molecule has 0 bridgehead atoms. The number of benzene rings is 1. The summed E-state index contributed by atoms with van der Waals surface area (Å²) in [5, 5.41) is 8.51. The Bertz CT molecular complexity index is 367. The standard InChI is InChI=1S/C13H16O2/c1-10-5-3-7-12(9-10)11(2)6-4-8-13(14)15/h3,5,7,9H,2,4,6,8H2,1H3,(H,14,15). The zero-order chi connectivity index (χ0) is 11.3. The van der Waals surface area contributed by atoms with E-state index in [1.165, 1.54) is 5.56 Å². The number of allylic oxidation sites excluding steroid dienone is 1. The van der Waals surface area contributed by atoms with Crippen molar-refractivity contribution in [2.24, 2.45) is 0 Å². The van der Waals surface area contributed by atoms with Crippen molar-refractivity contribution in [3.8, 4) is 0 Å². The molecule has 0 aliphatic rings. The molecular formula is C13H16O2. The molecule has 1 aromatic carbocycles. The first-order valence-electron chi connectivity index (χ1n) is 5.06. The number of aryl methyl sites for hydroxylation is 1. The summed E-state index contributed by atoms with van der Waals surface area (Å²) in [6, 6.07) is 8.11. The van der Waals surface area contributed by atoms with Crippen LogP contribution in [-0.2, 0) is 4.79 Å². The van der Waals surface area contributed by atoms with Crippen LogP contribution in [0.15, 0.2) is 30.8 Å². The summed E-state index contributed by atoms with van der Waals surface area (Å²) >= 11 is 0. The van der Waals surface area contributed by atoms with Crippen molar-refractivity contribution in [1.29, 1.82) is 0 Å². The van der Waals surface area contributed by atoms with Crippen LogP contribution in [0.1, 0.15) is 30.4 Å². The molecule has 2 nitrogen and oxygen atoms in total. The van der Waals surface area contributed by atoms with Gasteiger partial charge in [0.15, 0.2) is 0 Å². The quantitative estimate of drug-likeness (QED) is 0.799. The maximum atomic E-state index is 10.3. The first kappa shape index (κ1) is 11.5. The lowest BCUT2D eigenvalue weighted by Crippen LogP contribution is -1.94. The summed E-state index contributed by atoms with van der Waals surface area (Å²) < 4.78 is 0. The van der Waals surface area contributed by atoms with Gasteiger partial charge in [-0.05, 0) is 30.9 Å². The van der Waals surface area contributed by atoms with Crippen LogP contribution in [0.3, 0.4) is 0 Å². The lowest BCUT2D eigenvalue weighted by Gasteiger charge is -2.05. The van der Waals surface area contributed by atoms with Crippen molar-refractivity contribution in [3.63, 3.8) is 0 Å². The van der Waals surface area contributed by atoms with Crippen LogP contribution in [0.4, 0.5) is 0 Å². The van der Waals surface area contributed by atoms with Gasteiger partial charge in [-0.25, -0.2) is 0 Å². The Morgan fingerprint density at radius 2 is 2.13 bits per heavy atom. The Labute approximate surface area is 90.3 Å². The average molecular weight is 204 g/mol. The fraction of sp³-hybridized carbons (Fsp3) is 0.308. The molecule has 0 saturated heterocycles. The van der Waals surface area contributed by atoms with Gasteiger partial charge in [0, 0.05) is 6.42 Å². The molecule has 0 aliphatic heterocycles. The van der Waals surface area contributed by atoms with Gasteiger partial charge < -0.3 is 5.11 Å². The minimum absolute atomic E-state index is 0.213. The summed E-state index contributed by atoms with van der Waals surface area (Å²) in [7, 11) is 0. The molecule has 1 N–H and O–H groups in total. The fourth-order valence-corrected chi connectivity index (χ4v) is 1.46. The molecule has 0 saturated carbocycles. The van der Waals surface area contributed by atoms with E-state index in [0.29, 0.717) is 6.42 Å². The Kier molecular flexibility index (Phi) is 4.10. The molecule has 1 rings (SSSR count). The summed E-state index contributed by atoms with van der Waals surface area (Å²) in [6.45, 7) is 6.01. The highest BCUT2D eigenvalue weighted by Gasteiger charge is 2.01. The molecule has 2 heteroatoms. The van der Waals surface area contributed by atoms with Crippen molar-refractivity contribution in [1.82, 2.24) is 0 Å². The van der Waals surface area contributed by atoms with Gasteiger partial charge in [0.25, 0.3) is 0 Å². The van der Waals surface area contributed by atoms with Gasteiger partial charge in [0.1, 0.15) is 0 Å². The van der Waals surface area contributed by atoms with Gasteiger partial charge in [-0.2, -0.15) is 0 Å². The van der Waals surface area contributed by atoms with Crippen molar-refractivity contribution >= 4 is 11.5 Å². The normalized spacial score (nSPS) is 9.93. The van der Waals surface area contributed by atoms with E-state index in [1.807, 2.05) is 25.1 Å². The van der Waals surface area contributed by atoms with Gasteiger partial charge in [0.2, 0.25) is 0 Å². The average Bonchev–Trinajstić information content (AvgIpc) is 2.17. The second-order valence-corrected chi connectivity index (χ2v) is 3.72. The zero-order valence-electron chi connectivity index (χ0n) is 8.99. The molecule has 0 amide bonds. The predicted molar refractivity (Wildman–Crippen MR) is 61.7 cm³/mol. The number of hydrogen-bond donors (Lipinski definition) is 1. The Morgan fingerprint density at radius 1 is 1.40 bits per heavy atom. The van der Waals surface area contributed by atoms with E-state index in [4.69, 9.17) is 5.11 Å². The molecule has 0 aliphatic carbocycles. The molecule has 0 spiro atoms. The third-order valence-corrected chi connectivity index (χ3v) is 2.30. The lowest BCUT2D eigenvalue weighted by molar-refractivity contribution is -0.137. The van der Waals surface area contributed by atoms with Gasteiger partial charge in [0.05, 0.1) is 0 Å². The van der Waals surface area contributed by atoms with E-state index < -0.39 is 5.97 Å². The highest BCUT2D eigenvalue weighted by molar-refractivity contribution is 5.68. The molecule has 0 atom stereocenters. The van der Waals surface area contributed by atoms with Crippen LogP contribution in [0.2, 0.25) is 0 Å². The third kappa shape index (κ3) is 3.98. The number of aliphatic carboxylic acids is 1. The largest absolute Gasteiger partial charge is 0.481 e. The second-order valence-electron chi connectivity index (χ2n) is 3.72. The van der Waals surface area contributed by atoms with Crippen LogP contribution < -0.4 is 0 Å².